The van der Waals surface area contributed by atoms with E-state index in [-0.39, 0.29) is 11.2 Å². The van der Waals surface area contributed by atoms with Crippen molar-refractivity contribution in [1.29, 1.82) is 0 Å². The van der Waals surface area contributed by atoms with Crippen molar-refractivity contribution in [2.45, 2.75) is 20.8 Å². The molecule has 0 amide bonds. The van der Waals surface area contributed by atoms with Crippen LogP contribution in [0.15, 0.2) is 27.7 Å². The number of aliphatic imine (C=N–C) groups is 1. The Kier molecular flexibility index (Phi) is 3.50. The monoisotopic (exact) mass is 272 g/mol. The summed E-state index contributed by atoms with van der Waals surface area (Å²) >= 11 is 3.30. The van der Waals surface area contributed by atoms with Gasteiger partial charge in [-0.15, -0.1) is 0 Å². The van der Waals surface area contributed by atoms with Crippen LogP contribution in [0.4, 0.5) is 10.1 Å². The van der Waals surface area contributed by atoms with Crippen molar-refractivity contribution in [3.63, 3.8) is 0 Å². The largest absolute Gasteiger partial charge is 0.387 e. The van der Waals surface area contributed by atoms with E-state index in [2.05, 4.69) is 20.9 Å². The van der Waals surface area contributed by atoms with Gasteiger partial charge in [-0.05, 0) is 28.1 Å². The molecular weight excluding hydrogens is 259 g/mol. The molecule has 1 aromatic rings. The van der Waals surface area contributed by atoms with Gasteiger partial charge in [0.25, 0.3) is 0 Å². The summed E-state index contributed by atoms with van der Waals surface area (Å²) in [6, 6.07) is 4.34. The van der Waals surface area contributed by atoms with E-state index in [1.54, 1.807) is 6.07 Å². The van der Waals surface area contributed by atoms with Gasteiger partial charge < -0.3 is 5.73 Å². The molecule has 82 valence electrons. The minimum atomic E-state index is -0.321. The first kappa shape index (κ1) is 12.2. The summed E-state index contributed by atoms with van der Waals surface area (Å²) in [6.07, 6.45) is 0. The average molecular weight is 273 g/mol. The van der Waals surface area contributed by atoms with E-state index in [0.717, 1.165) is 4.47 Å². The van der Waals surface area contributed by atoms with Gasteiger partial charge in [0.2, 0.25) is 0 Å². The predicted octanol–water partition coefficient (Wildman–Crippen LogP) is 3.62. The summed E-state index contributed by atoms with van der Waals surface area (Å²) in [5.74, 6) is 0.160. The Morgan fingerprint density at radius 2 is 2.00 bits per heavy atom. The average Bonchev–Trinajstić information content (AvgIpc) is 2.09. The summed E-state index contributed by atoms with van der Waals surface area (Å²) in [6.45, 7) is 5.87. The second kappa shape index (κ2) is 4.31. The van der Waals surface area contributed by atoms with E-state index in [4.69, 9.17) is 5.73 Å². The molecule has 0 heterocycles. The number of nitrogens with zero attached hydrogens (tertiary/aromatic N) is 1. The molecule has 0 aliphatic carbocycles. The van der Waals surface area contributed by atoms with E-state index in [1.165, 1.54) is 12.1 Å². The molecule has 0 atom stereocenters. The van der Waals surface area contributed by atoms with E-state index in [1.807, 2.05) is 20.8 Å². The van der Waals surface area contributed by atoms with Crippen molar-refractivity contribution >= 4 is 27.5 Å². The van der Waals surface area contributed by atoms with Crippen LogP contribution in [0.5, 0.6) is 0 Å². The van der Waals surface area contributed by atoms with Crippen LogP contribution < -0.4 is 5.73 Å². The lowest BCUT2D eigenvalue weighted by Crippen LogP contribution is -2.28. The standard InChI is InChI=1S/C11H14BrFN2/c1-11(2,3)10(14)15-9-6-7(13)4-5-8(9)12/h4-6H,1-3H3,(H2,14,15). The molecule has 0 aliphatic heterocycles. The molecule has 0 fully saturated rings. The topological polar surface area (TPSA) is 38.4 Å². The first-order valence-corrected chi connectivity index (χ1v) is 5.39. The smallest absolute Gasteiger partial charge is 0.125 e. The maximum absolute atomic E-state index is 13.0. The van der Waals surface area contributed by atoms with E-state index in [9.17, 15) is 4.39 Å². The van der Waals surface area contributed by atoms with Gasteiger partial charge in [-0.25, -0.2) is 9.38 Å². The highest BCUT2D eigenvalue weighted by atomic mass is 79.9. The third-order valence-corrected chi connectivity index (χ3v) is 2.59. The lowest BCUT2D eigenvalue weighted by molar-refractivity contribution is 0.585. The molecule has 15 heavy (non-hydrogen) atoms. The predicted molar refractivity (Wildman–Crippen MR) is 64.8 cm³/mol. The van der Waals surface area contributed by atoms with Crippen LogP contribution in [0.3, 0.4) is 0 Å². The summed E-state index contributed by atoms with van der Waals surface area (Å²) in [4.78, 5) is 4.20. The van der Waals surface area contributed by atoms with Crippen molar-refractivity contribution in [2.75, 3.05) is 0 Å². The highest BCUT2D eigenvalue weighted by molar-refractivity contribution is 9.10. The number of halogens is 2. The lowest BCUT2D eigenvalue weighted by Gasteiger charge is -2.17. The number of benzene rings is 1. The van der Waals surface area contributed by atoms with Gasteiger partial charge in [0, 0.05) is 16.0 Å². The fraction of sp³-hybridized carbons (Fsp3) is 0.364. The van der Waals surface area contributed by atoms with Gasteiger partial charge in [0.05, 0.1) is 5.69 Å². The Morgan fingerprint density at radius 3 is 2.53 bits per heavy atom. The number of hydrogen-bond donors (Lipinski definition) is 1. The molecule has 0 saturated carbocycles. The molecular formula is C11H14BrFN2. The zero-order chi connectivity index (χ0) is 11.6. The molecule has 1 rings (SSSR count). The van der Waals surface area contributed by atoms with Crippen molar-refractivity contribution < 1.29 is 4.39 Å². The molecule has 0 spiro atoms. The van der Waals surface area contributed by atoms with E-state index in [0.29, 0.717) is 11.5 Å². The second-order valence-corrected chi connectivity index (χ2v) is 5.20. The van der Waals surface area contributed by atoms with Crippen molar-refractivity contribution in [3.8, 4) is 0 Å². The van der Waals surface area contributed by atoms with Crippen LogP contribution in [-0.4, -0.2) is 5.84 Å². The Balaban J connectivity index is 3.13. The first-order chi connectivity index (χ1) is 6.80. The Labute approximate surface area is 97.5 Å². The Hall–Kier alpha value is -0.900. The number of nitrogens with two attached hydrogens (primary N) is 1. The van der Waals surface area contributed by atoms with Gasteiger partial charge in [-0.1, -0.05) is 20.8 Å². The van der Waals surface area contributed by atoms with Gasteiger partial charge >= 0.3 is 0 Å². The van der Waals surface area contributed by atoms with Crippen LogP contribution >= 0.6 is 15.9 Å². The number of amidine groups is 1. The Morgan fingerprint density at radius 1 is 1.40 bits per heavy atom. The summed E-state index contributed by atoms with van der Waals surface area (Å²) in [7, 11) is 0. The quantitative estimate of drug-likeness (QED) is 0.616. The van der Waals surface area contributed by atoms with Crippen molar-refractivity contribution in [2.24, 2.45) is 16.1 Å². The fourth-order valence-electron chi connectivity index (χ4n) is 0.869. The van der Waals surface area contributed by atoms with E-state index < -0.39 is 0 Å². The van der Waals surface area contributed by atoms with Crippen molar-refractivity contribution in [1.82, 2.24) is 0 Å². The summed E-state index contributed by atoms with van der Waals surface area (Å²) < 4.78 is 13.7. The SMILES string of the molecule is CC(C)(C)C(N)=Nc1cc(F)ccc1Br. The molecule has 0 aromatic heterocycles. The highest BCUT2D eigenvalue weighted by Crippen LogP contribution is 2.27. The minimum absolute atomic E-state index is 0.217. The van der Waals surface area contributed by atoms with Gasteiger partial charge in [-0.3, -0.25) is 0 Å². The first-order valence-electron chi connectivity index (χ1n) is 4.60. The fourth-order valence-corrected chi connectivity index (χ4v) is 1.20. The molecule has 2 nitrogen and oxygen atoms in total. The molecule has 0 aliphatic rings. The zero-order valence-corrected chi connectivity index (χ0v) is 10.6. The molecule has 0 saturated heterocycles. The normalized spacial score (nSPS) is 13.0. The van der Waals surface area contributed by atoms with Gasteiger partial charge in [-0.2, -0.15) is 0 Å². The maximum Gasteiger partial charge on any atom is 0.125 e. The summed E-state index contributed by atoms with van der Waals surface area (Å²) in [5.41, 5.74) is 6.11. The number of hydrogen-bond acceptors (Lipinski definition) is 1. The van der Waals surface area contributed by atoms with Crippen molar-refractivity contribution in [3.05, 3.63) is 28.5 Å². The summed E-state index contributed by atoms with van der Waals surface area (Å²) in [5, 5.41) is 0. The van der Waals surface area contributed by atoms with Crippen LogP contribution in [0.25, 0.3) is 0 Å². The van der Waals surface area contributed by atoms with Gasteiger partial charge in [0.1, 0.15) is 11.7 Å². The maximum atomic E-state index is 13.0. The molecule has 2 N–H and O–H groups in total. The van der Waals surface area contributed by atoms with E-state index >= 15 is 0 Å². The minimum Gasteiger partial charge on any atom is -0.387 e. The van der Waals surface area contributed by atoms with Crippen LogP contribution in [0.2, 0.25) is 0 Å². The molecule has 0 bridgehead atoms. The molecule has 4 heteroatoms. The molecule has 1 aromatic carbocycles. The number of rotatable bonds is 1. The third-order valence-electron chi connectivity index (χ3n) is 1.92. The lowest BCUT2D eigenvalue weighted by atomic mass is 9.95. The Bertz CT molecular complexity index is 394. The third kappa shape index (κ3) is 3.30. The van der Waals surface area contributed by atoms with Crippen LogP contribution in [0.1, 0.15) is 20.8 Å². The molecule has 0 radical (unpaired) electrons. The zero-order valence-electron chi connectivity index (χ0n) is 9.01. The highest BCUT2D eigenvalue weighted by Gasteiger charge is 2.16. The van der Waals surface area contributed by atoms with Gasteiger partial charge in [0.15, 0.2) is 0 Å². The van der Waals surface area contributed by atoms with Crippen LogP contribution in [0, 0.1) is 11.2 Å². The second-order valence-electron chi connectivity index (χ2n) is 4.34. The molecule has 0 unspecified atom stereocenters. The van der Waals surface area contributed by atoms with Crippen LogP contribution in [-0.2, 0) is 0 Å².